The minimum absolute atomic E-state index is 0.0183. The second kappa shape index (κ2) is 10.1. The largest absolute Gasteiger partial charge is 0.455 e. The van der Waals surface area contributed by atoms with Crippen LogP contribution < -0.4 is 4.74 Å². The molecule has 0 spiro atoms. The summed E-state index contributed by atoms with van der Waals surface area (Å²) in [5, 5.41) is 4.46. The number of thiophene rings is 1. The number of hydrogen-bond acceptors (Lipinski definition) is 5. The van der Waals surface area contributed by atoms with Crippen LogP contribution in [-0.2, 0) is 10.8 Å². The maximum absolute atomic E-state index is 6.83. The van der Waals surface area contributed by atoms with Gasteiger partial charge in [0, 0.05) is 44.4 Å². The smallest absolute Gasteiger partial charge is 0.221 e. The predicted molar refractivity (Wildman–Crippen MR) is 200 cm³/mol. The van der Waals surface area contributed by atoms with Crippen LogP contribution in [0.4, 0.5) is 0 Å². The molecule has 0 radical (unpaired) electrons. The summed E-state index contributed by atoms with van der Waals surface area (Å²) in [4.78, 5) is 10.1. The Kier molecular flexibility index (Phi) is 6.13. The number of furan rings is 1. The van der Waals surface area contributed by atoms with Crippen LogP contribution in [0.5, 0.6) is 11.6 Å². The van der Waals surface area contributed by atoms with E-state index in [9.17, 15) is 0 Å². The molecule has 5 nitrogen and oxygen atoms in total. The third-order valence-corrected chi connectivity index (χ3v) is 10.6. The van der Waals surface area contributed by atoms with Gasteiger partial charge in [0.15, 0.2) is 0 Å². The van der Waals surface area contributed by atoms with Crippen molar-refractivity contribution in [3.05, 3.63) is 114 Å². The maximum Gasteiger partial charge on any atom is 0.221 e. The quantitative estimate of drug-likeness (QED) is 0.191. The van der Waals surface area contributed by atoms with Crippen molar-refractivity contribution in [2.24, 2.45) is 0 Å². The Morgan fingerprint density at radius 2 is 1.52 bits per heavy atom. The standard InChI is InChI=1S/C42H35N3O2S/c1-41(2,3)24-11-9-12-26(21-24)45-31-14-8-7-13-27(31)28-17-18-35(44-40(28)45)46-33-23-29(30-22-25(19-20-43-30)42(4,5)6)38-37-36-32(47-38)15-10-16-34(36)48-39(33)37/h7-23H,1-6H3. The second-order valence-corrected chi connectivity index (χ2v) is 15.8. The summed E-state index contributed by atoms with van der Waals surface area (Å²) in [5.74, 6) is 1.28. The average Bonchev–Trinajstić information content (AvgIpc) is 3.75. The first-order valence-corrected chi connectivity index (χ1v) is 17.2. The molecule has 0 atom stereocenters. The molecule has 6 heteroatoms. The van der Waals surface area contributed by atoms with Crippen molar-refractivity contribution in [2.75, 3.05) is 0 Å². The van der Waals surface area contributed by atoms with Crippen LogP contribution in [-0.4, -0.2) is 14.5 Å². The molecule has 0 saturated heterocycles. The van der Waals surface area contributed by atoms with Gasteiger partial charge in [-0.15, -0.1) is 11.3 Å². The first-order valence-electron chi connectivity index (χ1n) is 16.4. The fourth-order valence-corrected chi connectivity index (χ4v) is 8.05. The van der Waals surface area contributed by atoms with E-state index in [1.54, 1.807) is 11.3 Å². The summed E-state index contributed by atoms with van der Waals surface area (Å²) < 4.78 is 17.9. The van der Waals surface area contributed by atoms with Crippen LogP contribution >= 0.6 is 11.3 Å². The number of aromatic nitrogens is 3. The van der Waals surface area contributed by atoms with Crippen molar-refractivity contribution >= 4 is 64.6 Å². The average molecular weight is 646 g/mol. The normalized spacial score (nSPS) is 12.8. The summed E-state index contributed by atoms with van der Waals surface area (Å²) >= 11 is 1.73. The number of rotatable bonds is 4. The minimum atomic E-state index is -0.0227. The summed E-state index contributed by atoms with van der Waals surface area (Å²) in [7, 11) is 0. The van der Waals surface area contributed by atoms with Crippen molar-refractivity contribution < 1.29 is 9.15 Å². The third kappa shape index (κ3) is 4.43. The fourth-order valence-electron chi connectivity index (χ4n) is 6.88. The van der Waals surface area contributed by atoms with Crippen molar-refractivity contribution in [2.45, 2.75) is 52.4 Å². The topological polar surface area (TPSA) is 53.1 Å². The van der Waals surface area contributed by atoms with E-state index in [4.69, 9.17) is 19.1 Å². The molecule has 4 aromatic carbocycles. The maximum atomic E-state index is 6.83. The predicted octanol–water partition coefficient (Wildman–Crippen LogP) is 12.2. The number of benzene rings is 4. The summed E-state index contributed by atoms with van der Waals surface area (Å²) in [5.41, 5.74) is 9.02. The van der Waals surface area contributed by atoms with Crippen LogP contribution in [0, 0.1) is 0 Å². The molecule has 0 aliphatic carbocycles. The Morgan fingerprint density at radius 1 is 0.729 bits per heavy atom. The van der Waals surface area contributed by atoms with E-state index in [1.165, 1.54) is 15.8 Å². The number of ether oxygens (including phenoxy) is 1. The highest BCUT2D eigenvalue weighted by atomic mass is 32.1. The zero-order chi connectivity index (χ0) is 32.9. The van der Waals surface area contributed by atoms with E-state index in [0.717, 1.165) is 71.3 Å². The number of nitrogens with zero attached hydrogens (tertiary/aromatic N) is 3. The van der Waals surface area contributed by atoms with Gasteiger partial charge in [0.25, 0.3) is 0 Å². The molecule has 0 N–H and O–H groups in total. The molecule has 9 rings (SSSR count). The molecule has 236 valence electrons. The number of para-hydroxylation sites is 1. The Bertz CT molecular complexity index is 2680. The molecule has 0 saturated carbocycles. The zero-order valence-electron chi connectivity index (χ0n) is 27.9. The molecular weight excluding hydrogens is 611 g/mol. The van der Waals surface area contributed by atoms with Gasteiger partial charge < -0.3 is 9.15 Å². The van der Waals surface area contributed by atoms with E-state index in [2.05, 4.69) is 131 Å². The lowest BCUT2D eigenvalue weighted by atomic mass is 9.87. The van der Waals surface area contributed by atoms with Gasteiger partial charge in [-0.1, -0.05) is 77.9 Å². The van der Waals surface area contributed by atoms with Gasteiger partial charge in [-0.3, -0.25) is 9.55 Å². The number of fused-ring (bicyclic) bond motifs is 3. The lowest BCUT2D eigenvalue weighted by Crippen LogP contribution is -2.11. The Morgan fingerprint density at radius 3 is 2.35 bits per heavy atom. The number of hydrogen-bond donors (Lipinski definition) is 0. The third-order valence-electron chi connectivity index (χ3n) is 9.44. The van der Waals surface area contributed by atoms with Gasteiger partial charge in [-0.25, -0.2) is 0 Å². The highest BCUT2D eigenvalue weighted by Crippen LogP contribution is 2.50. The molecule has 0 amide bonds. The molecule has 5 heterocycles. The minimum Gasteiger partial charge on any atom is -0.455 e. The highest BCUT2D eigenvalue weighted by Gasteiger charge is 2.25. The Labute approximate surface area is 282 Å². The second-order valence-electron chi connectivity index (χ2n) is 14.7. The van der Waals surface area contributed by atoms with Gasteiger partial charge in [0.2, 0.25) is 5.88 Å². The first kappa shape index (κ1) is 29.0. The van der Waals surface area contributed by atoms with E-state index in [0.29, 0.717) is 5.88 Å². The molecule has 0 aliphatic rings. The molecular formula is C42H35N3O2S. The van der Waals surface area contributed by atoms with Gasteiger partial charge in [-0.2, -0.15) is 4.98 Å². The summed E-state index contributed by atoms with van der Waals surface area (Å²) in [6, 6.07) is 34.0. The van der Waals surface area contributed by atoms with E-state index in [-0.39, 0.29) is 10.8 Å². The van der Waals surface area contributed by atoms with Crippen molar-refractivity contribution in [1.29, 1.82) is 0 Å². The molecule has 0 fully saturated rings. The van der Waals surface area contributed by atoms with E-state index < -0.39 is 0 Å². The first-order chi connectivity index (χ1) is 23.0. The van der Waals surface area contributed by atoms with Gasteiger partial charge in [0.1, 0.15) is 22.6 Å². The molecule has 9 aromatic rings. The van der Waals surface area contributed by atoms with Crippen molar-refractivity contribution in [1.82, 2.24) is 14.5 Å². The monoisotopic (exact) mass is 645 g/mol. The van der Waals surface area contributed by atoms with Crippen LogP contribution in [0.2, 0.25) is 0 Å². The van der Waals surface area contributed by atoms with Crippen molar-refractivity contribution in [3.8, 4) is 28.6 Å². The lowest BCUT2D eigenvalue weighted by Gasteiger charge is -2.20. The van der Waals surface area contributed by atoms with Crippen LogP contribution in [0.3, 0.4) is 0 Å². The van der Waals surface area contributed by atoms with E-state index in [1.807, 2.05) is 18.3 Å². The van der Waals surface area contributed by atoms with Crippen LogP contribution in [0.25, 0.3) is 70.2 Å². The Balaban J connectivity index is 1.26. The van der Waals surface area contributed by atoms with Crippen molar-refractivity contribution in [3.63, 3.8) is 0 Å². The number of pyridine rings is 2. The SMILES string of the molecule is CC(C)(C)c1cccc(-n2c3ccccc3c3ccc(Oc4cc(-c5cc(C(C)(C)C)ccn5)c5oc6cccc7sc4c5c67)nc32)c1. The molecule has 0 unspecified atom stereocenters. The summed E-state index contributed by atoms with van der Waals surface area (Å²) in [6.45, 7) is 13.4. The van der Waals surface area contributed by atoms with E-state index >= 15 is 0 Å². The van der Waals surface area contributed by atoms with Gasteiger partial charge >= 0.3 is 0 Å². The van der Waals surface area contributed by atoms with Gasteiger partial charge in [-0.05, 0) is 76.6 Å². The zero-order valence-corrected chi connectivity index (χ0v) is 28.7. The highest BCUT2D eigenvalue weighted by molar-refractivity contribution is 7.26. The van der Waals surface area contributed by atoms with Gasteiger partial charge in [0.05, 0.1) is 21.3 Å². The Hall–Kier alpha value is -5.20. The van der Waals surface area contributed by atoms with Crippen LogP contribution in [0.1, 0.15) is 52.7 Å². The molecule has 5 aromatic heterocycles. The molecule has 0 aliphatic heterocycles. The summed E-state index contributed by atoms with van der Waals surface area (Å²) in [6.07, 6.45) is 1.89. The molecule has 48 heavy (non-hydrogen) atoms. The molecule has 0 bridgehead atoms. The fraction of sp³-hybridized carbons (Fsp3) is 0.190. The lowest BCUT2D eigenvalue weighted by molar-refractivity contribution is 0.471. The van der Waals surface area contributed by atoms with Crippen LogP contribution in [0.15, 0.2) is 108 Å².